The van der Waals surface area contributed by atoms with E-state index in [1.54, 1.807) is 18.2 Å². The average Bonchev–Trinajstić information content (AvgIpc) is 3.09. The maximum absolute atomic E-state index is 12.7. The van der Waals surface area contributed by atoms with E-state index < -0.39 is 17.5 Å². The van der Waals surface area contributed by atoms with Crippen LogP contribution in [0.5, 0.6) is 0 Å². The van der Waals surface area contributed by atoms with Crippen LogP contribution in [0.15, 0.2) is 18.2 Å². The summed E-state index contributed by atoms with van der Waals surface area (Å²) >= 11 is 7.24. The van der Waals surface area contributed by atoms with Crippen molar-refractivity contribution in [3.05, 3.63) is 23.2 Å². The Hall–Kier alpha value is -2.19. The average molecular weight is 393 g/mol. The van der Waals surface area contributed by atoms with Crippen molar-refractivity contribution in [3.8, 4) is 0 Å². The number of hydrogen-bond donors (Lipinski definition) is 2. The van der Waals surface area contributed by atoms with Gasteiger partial charge in [-0.15, -0.1) is 0 Å². The maximum Gasteiger partial charge on any atom is 0.325 e. The zero-order valence-electron chi connectivity index (χ0n) is 13.9. The second-order valence-electron chi connectivity index (χ2n) is 6.64. The summed E-state index contributed by atoms with van der Waals surface area (Å²) in [6.07, 6.45) is 4.14. The molecule has 1 spiro atoms. The van der Waals surface area contributed by atoms with Gasteiger partial charge in [0.05, 0.1) is 10.2 Å². The summed E-state index contributed by atoms with van der Waals surface area (Å²) in [7, 11) is 0. The number of benzene rings is 1. The van der Waals surface area contributed by atoms with E-state index in [0.717, 1.165) is 34.4 Å². The van der Waals surface area contributed by atoms with Gasteiger partial charge in [0.2, 0.25) is 5.91 Å². The molecule has 7 nitrogen and oxygen atoms in total. The van der Waals surface area contributed by atoms with Crippen LogP contribution in [0.25, 0.3) is 10.2 Å². The number of thiazole rings is 1. The predicted molar refractivity (Wildman–Crippen MR) is 99.3 cm³/mol. The van der Waals surface area contributed by atoms with Crippen LogP contribution in [0.2, 0.25) is 5.02 Å². The largest absolute Gasteiger partial charge is 0.325 e. The molecule has 136 valence electrons. The fourth-order valence-electron chi connectivity index (χ4n) is 3.57. The number of nitrogens with one attached hydrogen (secondary N) is 2. The summed E-state index contributed by atoms with van der Waals surface area (Å²) < 4.78 is 0.851. The molecule has 1 saturated carbocycles. The Morgan fingerprint density at radius 1 is 1.31 bits per heavy atom. The van der Waals surface area contributed by atoms with Gasteiger partial charge in [0.25, 0.3) is 5.91 Å². The molecule has 0 bridgehead atoms. The third-order valence-corrected chi connectivity index (χ3v) is 6.02. The number of carbonyl (C=O) groups is 3. The van der Waals surface area contributed by atoms with Crippen LogP contribution >= 0.6 is 22.9 Å². The maximum atomic E-state index is 12.7. The molecule has 0 atom stereocenters. The summed E-state index contributed by atoms with van der Waals surface area (Å²) in [5.41, 5.74) is -0.0896. The van der Waals surface area contributed by atoms with E-state index in [1.165, 1.54) is 11.3 Å². The van der Waals surface area contributed by atoms with Gasteiger partial charge in [-0.2, -0.15) is 0 Å². The molecular formula is C17H17ClN4O3S. The first-order chi connectivity index (χ1) is 12.5. The smallest absolute Gasteiger partial charge is 0.323 e. The molecule has 2 aromatic rings. The molecule has 2 heterocycles. The van der Waals surface area contributed by atoms with Gasteiger partial charge in [0, 0.05) is 5.02 Å². The highest BCUT2D eigenvalue weighted by Gasteiger charge is 2.51. The van der Waals surface area contributed by atoms with Crippen LogP contribution < -0.4 is 10.6 Å². The molecule has 4 rings (SSSR count). The number of fused-ring (bicyclic) bond motifs is 1. The lowest BCUT2D eigenvalue weighted by Gasteiger charge is -2.30. The Bertz CT molecular complexity index is 907. The summed E-state index contributed by atoms with van der Waals surface area (Å²) in [4.78, 5) is 42.6. The number of halogens is 1. The van der Waals surface area contributed by atoms with Crippen molar-refractivity contribution in [1.82, 2.24) is 15.2 Å². The van der Waals surface area contributed by atoms with Crippen LogP contribution in [0, 0.1) is 0 Å². The molecular weight excluding hydrogens is 376 g/mol. The van der Waals surface area contributed by atoms with Crippen LogP contribution in [0.1, 0.15) is 32.1 Å². The van der Waals surface area contributed by atoms with Gasteiger partial charge in [-0.3, -0.25) is 14.5 Å². The lowest BCUT2D eigenvalue weighted by molar-refractivity contribution is -0.134. The van der Waals surface area contributed by atoms with Crippen molar-refractivity contribution < 1.29 is 14.4 Å². The second-order valence-corrected chi connectivity index (χ2v) is 8.11. The number of hydrogen-bond acceptors (Lipinski definition) is 5. The SMILES string of the molecule is O=C(CN1C(=O)NC2(CCCCC2)C1=O)Nc1nc2ccc(Cl)cc2s1. The normalized spacial score (nSPS) is 19.2. The van der Waals surface area contributed by atoms with Gasteiger partial charge in [-0.1, -0.05) is 42.2 Å². The molecule has 2 fully saturated rings. The quantitative estimate of drug-likeness (QED) is 0.785. The van der Waals surface area contributed by atoms with E-state index >= 15 is 0 Å². The zero-order chi connectivity index (χ0) is 18.3. The highest BCUT2D eigenvalue weighted by atomic mass is 35.5. The fraction of sp³-hybridized carbons (Fsp3) is 0.412. The number of rotatable bonds is 3. The van der Waals surface area contributed by atoms with Crippen LogP contribution in [-0.4, -0.2) is 39.8 Å². The van der Waals surface area contributed by atoms with Crippen molar-refractivity contribution >= 4 is 56.1 Å². The zero-order valence-corrected chi connectivity index (χ0v) is 15.5. The summed E-state index contributed by atoms with van der Waals surface area (Å²) in [5.74, 6) is -0.750. The summed E-state index contributed by atoms with van der Waals surface area (Å²) in [5, 5.41) is 6.46. The van der Waals surface area contributed by atoms with Gasteiger partial charge >= 0.3 is 6.03 Å². The first kappa shape index (κ1) is 17.2. The van der Waals surface area contributed by atoms with Crippen molar-refractivity contribution in [2.24, 2.45) is 0 Å². The van der Waals surface area contributed by atoms with Crippen LogP contribution in [0.4, 0.5) is 9.93 Å². The number of imide groups is 1. The molecule has 4 amide bonds. The molecule has 1 aromatic carbocycles. The van der Waals surface area contributed by atoms with E-state index in [0.29, 0.717) is 23.0 Å². The third-order valence-electron chi connectivity index (χ3n) is 4.85. The van der Waals surface area contributed by atoms with E-state index in [4.69, 9.17) is 11.6 Å². The molecule has 9 heteroatoms. The minimum absolute atomic E-state index is 0.298. The Morgan fingerprint density at radius 3 is 2.85 bits per heavy atom. The minimum Gasteiger partial charge on any atom is -0.323 e. The molecule has 26 heavy (non-hydrogen) atoms. The lowest BCUT2D eigenvalue weighted by Crippen LogP contribution is -2.48. The van der Waals surface area contributed by atoms with Crippen molar-refractivity contribution in [1.29, 1.82) is 0 Å². The third kappa shape index (κ3) is 3.03. The number of anilines is 1. The monoisotopic (exact) mass is 392 g/mol. The van der Waals surface area contributed by atoms with Gasteiger partial charge in [0.1, 0.15) is 12.1 Å². The Morgan fingerprint density at radius 2 is 2.08 bits per heavy atom. The number of carbonyl (C=O) groups excluding carboxylic acids is 3. The van der Waals surface area contributed by atoms with Crippen molar-refractivity contribution in [2.45, 2.75) is 37.6 Å². The molecule has 1 saturated heterocycles. The number of amides is 4. The van der Waals surface area contributed by atoms with Crippen molar-refractivity contribution in [2.75, 3.05) is 11.9 Å². The highest BCUT2D eigenvalue weighted by molar-refractivity contribution is 7.22. The van der Waals surface area contributed by atoms with Crippen LogP contribution in [0.3, 0.4) is 0 Å². The Balaban J connectivity index is 1.45. The first-order valence-electron chi connectivity index (χ1n) is 8.47. The van der Waals surface area contributed by atoms with Gasteiger partial charge in [-0.05, 0) is 31.0 Å². The lowest BCUT2D eigenvalue weighted by atomic mass is 9.82. The van der Waals surface area contributed by atoms with Crippen LogP contribution in [-0.2, 0) is 9.59 Å². The molecule has 1 aliphatic carbocycles. The predicted octanol–water partition coefficient (Wildman–Crippen LogP) is 3.14. The van der Waals surface area contributed by atoms with Crippen molar-refractivity contribution in [3.63, 3.8) is 0 Å². The fourth-order valence-corrected chi connectivity index (χ4v) is 4.73. The second kappa shape index (κ2) is 6.51. The van der Waals surface area contributed by atoms with E-state index in [-0.39, 0.29) is 12.5 Å². The molecule has 0 radical (unpaired) electrons. The number of urea groups is 1. The Labute approximate surface area is 158 Å². The summed E-state index contributed by atoms with van der Waals surface area (Å²) in [6.45, 7) is -0.316. The van der Waals surface area contributed by atoms with Gasteiger partial charge < -0.3 is 10.6 Å². The van der Waals surface area contributed by atoms with E-state index in [2.05, 4.69) is 15.6 Å². The molecule has 2 N–H and O–H groups in total. The van der Waals surface area contributed by atoms with Gasteiger partial charge in [-0.25, -0.2) is 9.78 Å². The topological polar surface area (TPSA) is 91.4 Å². The number of nitrogens with zero attached hydrogens (tertiary/aromatic N) is 2. The standard InChI is InChI=1S/C17H17ClN4O3S/c18-10-4-5-11-12(8-10)26-15(19-11)20-13(23)9-22-14(24)17(21-16(22)25)6-2-1-3-7-17/h4-5,8H,1-3,6-7,9H2,(H,21,25)(H,19,20,23). The molecule has 1 aromatic heterocycles. The molecule has 1 aliphatic heterocycles. The minimum atomic E-state index is -0.817. The van der Waals surface area contributed by atoms with E-state index in [9.17, 15) is 14.4 Å². The summed E-state index contributed by atoms with van der Waals surface area (Å²) in [6, 6.07) is 4.78. The molecule has 2 aliphatic rings. The highest BCUT2D eigenvalue weighted by Crippen LogP contribution is 2.33. The van der Waals surface area contributed by atoms with E-state index in [1.807, 2.05) is 0 Å². The first-order valence-corrected chi connectivity index (χ1v) is 9.66. The van der Waals surface area contributed by atoms with Gasteiger partial charge in [0.15, 0.2) is 5.13 Å². The Kier molecular flexibility index (Phi) is 4.32. The molecule has 0 unspecified atom stereocenters. The number of aromatic nitrogens is 1.